The third-order valence-corrected chi connectivity index (χ3v) is 3.40. The Labute approximate surface area is 123 Å². The molecule has 0 aliphatic heterocycles. The highest BCUT2D eigenvalue weighted by molar-refractivity contribution is 14.0. The van der Waals surface area contributed by atoms with Crippen LogP contribution in [0.15, 0.2) is 4.99 Å². The number of hydrogen-bond donors (Lipinski definition) is 2. The van der Waals surface area contributed by atoms with E-state index in [1.807, 2.05) is 0 Å². The summed E-state index contributed by atoms with van der Waals surface area (Å²) in [6.07, 6.45) is 7.77. The van der Waals surface area contributed by atoms with E-state index < -0.39 is 0 Å². The largest absolute Gasteiger partial charge is 0.370 e. The Morgan fingerprint density at radius 3 is 2.82 bits per heavy atom. The standard InChI is InChI=1S/C13H27N3.HI/c1-3-4-8-15-13(14)16-10-12-7-5-6-11(2)9-12;/h11-12H,3-10H2,1-2H3,(H3,14,15,16);1H. The van der Waals surface area contributed by atoms with Gasteiger partial charge in [-0.3, -0.25) is 4.99 Å². The molecule has 3 nitrogen and oxygen atoms in total. The summed E-state index contributed by atoms with van der Waals surface area (Å²) in [6.45, 7) is 6.39. The van der Waals surface area contributed by atoms with Crippen molar-refractivity contribution in [3.63, 3.8) is 0 Å². The number of nitrogens with one attached hydrogen (secondary N) is 1. The first kappa shape index (κ1) is 17.0. The molecule has 0 amide bonds. The molecule has 0 radical (unpaired) electrons. The molecule has 0 aromatic heterocycles. The zero-order chi connectivity index (χ0) is 11.8. The van der Waals surface area contributed by atoms with E-state index >= 15 is 0 Å². The molecule has 0 heterocycles. The van der Waals surface area contributed by atoms with Crippen LogP contribution in [0.4, 0.5) is 0 Å². The number of hydrogen-bond acceptors (Lipinski definition) is 1. The topological polar surface area (TPSA) is 50.4 Å². The quantitative estimate of drug-likeness (QED) is 0.345. The van der Waals surface area contributed by atoms with Crippen molar-refractivity contribution in [1.29, 1.82) is 0 Å². The van der Waals surface area contributed by atoms with E-state index in [0.717, 1.165) is 31.3 Å². The van der Waals surface area contributed by atoms with Crippen molar-refractivity contribution in [2.24, 2.45) is 22.6 Å². The van der Waals surface area contributed by atoms with E-state index in [9.17, 15) is 0 Å². The molecule has 1 aliphatic carbocycles. The van der Waals surface area contributed by atoms with Crippen LogP contribution in [0.25, 0.3) is 0 Å². The van der Waals surface area contributed by atoms with E-state index in [2.05, 4.69) is 24.2 Å². The molecule has 0 aromatic carbocycles. The van der Waals surface area contributed by atoms with Gasteiger partial charge in [0.05, 0.1) is 0 Å². The van der Waals surface area contributed by atoms with E-state index in [0.29, 0.717) is 5.96 Å². The molecule has 2 atom stereocenters. The number of unbranched alkanes of at least 4 members (excludes halogenated alkanes) is 1. The van der Waals surface area contributed by atoms with Crippen molar-refractivity contribution < 1.29 is 0 Å². The van der Waals surface area contributed by atoms with Crippen molar-refractivity contribution in [2.45, 2.75) is 52.4 Å². The van der Waals surface area contributed by atoms with Crippen LogP contribution >= 0.6 is 24.0 Å². The van der Waals surface area contributed by atoms with Crippen molar-refractivity contribution in [1.82, 2.24) is 5.32 Å². The average Bonchev–Trinajstić information content (AvgIpc) is 2.27. The van der Waals surface area contributed by atoms with Gasteiger partial charge in [0.1, 0.15) is 0 Å². The van der Waals surface area contributed by atoms with Crippen LogP contribution in [-0.4, -0.2) is 19.0 Å². The Morgan fingerprint density at radius 2 is 2.18 bits per heavy atom. The van der Waals surface area contributed by atoms with Crippen LogP contribution < -0.4 is 11.1 Å². The van der Waals surface area contributed by atoms with Gasteiger partial charge in [-0.05, 0) is 31.1 Å². The van der Waals surface area contributed by atoms with Crippen LogP contribution in [0.5, 0.6) is 0 Å². The predicted octanol–water partition coefficient (Wildman–Crippen LogP) is 3.14. The number of rotatable bonds is 5. The molecular formula is C13H28IN3. The van der Waals surface area contributed by atoms with Gasteiger partial charge in [0.25, 0.3) is 0 Å². The molecule has 0 saturated heterocycles. The molecule has 0 bridgehead atoms. The van der Waals surface area contributed by atoms with Gasteiger partial charge in [0.2, 0.25) is 0 Å². The lowest BCUT2D eigenvalue weighted by Crippen LogP contribution is -2.33. The minimum Gasteiger partial charge on any atom is -0.370 e. The molecule has 17 heavy (non-hydrogen) atoms. The number of guanidine groups is 1. The number of nitrogens with zero attached hydrogens (tertiary/aromatic N) is 1. The Bertz CT molecular complexity index is 219. The first-order valence-corrected chi connectivity index (χ1v) is 6.76. The average molecular weight is 353 g/mol. The van der Waals surface area contributed by atoms with Crippen LogP contribution in [0, 0.1) is 11.8 Å². The van der Waals surface area contributed by atoms with E-state index in [1.165, 1.54) is 32.1 Å². The summed E-state index contributed by atoms with van der Waals surface area (Å²) in [6, 6.07) is 0. The second kappa shape index (κ2) is 9.97. The summed E-state index contributed by atoms with van der Waals surface area (Å²) in [4.78, 5) is 4.44. The molecular weight excluding hydrogens is 325 g/mol. The summed E-state index contributed by atoms with van der Waals surface area (Å²) in [5.41, 5.74) is 5.81. The first-order valence-electron chi connectivity index (χ1n) is 6.76. The Morgan fingerprint density at radius 1 is 1.41 bits per heavy atom. The van der Waals surface area contributed by atoms with Crippen molar-refractivity contribution >= 4 is 29.9 Å². The van der Waals surface area contributed by atoms with E-state index in [4.69, 9.17) is 5.73 Å². The summed E-state index contributed by atoms with van der Waals surface area (Å²) >= 11 is 0. The molecule has 1 aliphatic rings. The monoisotopic (exact) mass is 353 g/mol. The highest BCUT2D eigenvalue weighted by Gasteiger charge is 2.18. The lowest BCUT2D eigenvalue weighted by Gasteiger charge is -2.25. The minimum absolute atomic E-state index is 0. The predicted molar refractivity (Wildman–Crippen MR) is 85.9 cm³/mol. The van der Waals surface area contributed by atoms with Gasteiger partial charge < -0.3 is 11.1 Å². The zero-order valence-electron chi connectivity index (χ0n) is 11.2. The normalized spacial score (nSPS) is 25.2. The summed E-state index contributed by atoms with van der Waals surface area (Å²) in [5.74, 6) is 2.27. The van der Waals surface area contributed by atoms with Crippen molar-refractivity contribution in [3.05, 3.63) is 0 Å². The van der Waals surface area contributed by atoms with Crippen molar-refractivity contribution in [2.75, 3.05) is 13.1 Å². The van der Waals surface area contributed by atoms with Gasteiger partial charge in [0.15, 0.2) is 5.96 Å². The molecule has 0 aromatic rings. The maximum absolute atomic E-state index is 5.81. The Kier molecular flexibility index (Phi) is 9.97. The highest BCUT2D eigenvalue weighted by Crippen LogP contribution is 2.28. The summed E-state index contributed by atoms with van der Waals surface area (Å²) in [7, 11) is 0. The maximum atomic E-state index is 5.81. The Balaban J connectivity index is 0.00000256. The summed E-state index contributed by atoms with van der Waals surface area (Å²) < 4.78 is 0. The minimum atomic E-state index is 0. The third-order valence-electron chi connectivity index (χ3n) is 3.40. The smallest absolute Gasteiger partial charge is 0.188 e. The lowest BCUT2D eigenvalue weighted by molar-refractivity contribution is 0.289. The fourth-order valence-electron chi connectivity index (χ4n) is 2.40. The molecule has 0 spiro atoms. The molecule has 2 unspecified atom stereocenters. The SMILES string of the molecule is CCCCNC(N)=NCC1CCCC(C)C1.I. The van der Waals surface area contributed by atoms with E-state index in [1.54, 1.807) is 0 Å². The fraction of sp³-hybridized carbons (Fsp3) is 0.923. The van der Waals surface area contributed by atoms with Gasteiger partial charge in [-0.25, -0.2) is 0 Å². The van der Waals surface area contributed by atoms with Gasteiger partial charge >= 0.3 is 0 Å². The molecule has 3 N–H and O–H groups in total. The lowest BCUT2D eigenvalue weighted by atomic mass is 9.82. The number of nitrogens with two attached hydrogens (primary N) is 1. The van der Waals surface area contributed by atoms with Crippen LogP contribution in [0.3, 0.4) is 0 Å². The maximum Gasteiger partial charge on any atom is 0.188 e. The van der Waals surface area contributed by atoms with Crippen molar-refractivity contribution in [3.8, 4) is 0 Å². The van der Waals surface area contributed by atoms with Crippen LogP contribution in [0.2, 0.25) is 0 Å². The van der Waals surface area contributed by atoms with Gasteiger partial charge in [0, 0.05) is 13.1 Å². The van der Waals surface area contributed by atoms with E-state index in [-0.39, 0.29) is 24.0 Å². The summed E-state index contributed by atoms with van der Waals surface area (Å²) in [5, 5.41) is 3.16. The van der Waals surface area contributed by atoms with Gasteiger partial charge in [-0.1, -0.05) is 33.1 Å². The molecule has 1 saturated carbocycles. The van der Waals surface area contributed by atoms with Gasteiger partial charge in [-0.15, -0.1) is 24.0 Å². The first-order chi connectivity index (χ1) is 7.72. The van der Waals surface area contributed by atoms with Crippen LogP contribution in [0.1, 0.15) is 52.4 Å². The number of aliphatic imine (C=N–C) groups is 1. The van der Waals surface area contributed by atoms with Gasteiger partial charge in [-0.2, -0.15) is 0 Å². The van der Waals surface area contributed by atoms with Crippen LogP contribution in [-0.2, 0) is 0 Å². The molecule has 4 heteroatoms. The molecule has 1 rings (SSSR count). The highest BCUT2D eigenvalue weighted by atomic mass is 127. The second-order valence-corrected chi connectivity index (χ2v) is 5.14. The molecule has 102 valence electrons. The molecule has 1 fully saturated rings. The fourth-order valence-corrected chi connectivity index (χ4v) is 2.40. The third kappa shape index (κ3) is 7.84. The zero-order valence-corrected chi connectivity index (χ0v) is 13.6. The Hall–Kier alpha value is 0. The second-order valence-electron chi connectivity index (χ2n) is 5.14. The number of halogens is 1.